The second-order valence-electron chi connectivity index (χ2n) is 6.65. The van der Waals surface area contributed by atoms with Crippen molar-refractivity contribution < 1.29 is 13.9 Å². The van der Waals surface area contributed by atoms with E-state index in [9.17, 15) is 4.79 Å². The third-order valence-corrected chi connectivity index (χ3v) is 4.70. The van der Waals surface area contributed by atoms with E-state index in [0.717, 1.165) is 16.5 Å². The largest absolute Gasteiger partial charge is 0.493 e. The summed E-state index contributed by atoms with van der Waals surface area (Å²) in [6.07, 6.45) is 3.34. The quantitative estimate of drug-likeness (QED) is 0.445. The van der Waals surface area contributed by atoms with E-state index in [2.05, 4.69) is 4.98 Å². The lowest BCUT2D eigenvalue weighted by Gasteiger charge is -2.23. The van der Waals surface area contributed by atoms with Gasteiger partial charge in [0.25, 0.3) is 5.91 Å². The van der Waals surface area contributed by atoms with Crippen LogP contribution in [0.15, 0.2) is 83.6 Å². The predicted octanol–water partition coefficient (Wildman–Crippen LogP) is 5.07. The van der Waals surface area contributed by atoms with Crippen molar-refractivity contribution in [3.05, 3.63) is 96.2 Å². The molecule has 0 radical (unpaired) electrons. The van der Waals surface area contributed by atoms with E-state index in [0.29, 0.717) is 36.8 Å². The molecule has 0 saturated heterocycles. The van der Waals surface area contributed by atoms with Crippen LogP contribution >= 0.6 is 0 Å². The van der Waals surface area contributed by atoms with Crippen molar-refractivity contribution in [2.24, 2.45) is 0 Å². The van der Waals surface area contributed by atoms with Crippen LogP contribution < -0.4 is 4.74 Å². The van der Waals surface area contributed by atoms with Crippen molar-refractivity contribution in [3.8, 4) is 5.75 Å². The molecular weight excluding hydrogens is 364 g/mol. The number of aromatic nitrogens is 1. The predicted molar refractivity (Wildman–Crippen MR) is 112 cm³/mol. The van der Waals surface area contributed by atoms with Gasteiger partial charge in [0.05, 0.1) is 37.2 Å². The number of carbonyl (C=O) groups excluding carboxylic acids is 1. The molecule has 1 amide bonds. The van der Waals surface area contributed by atoms with Crippen molar-refractivity contribution >= 4 is 16.7 Å². The molecule has 2 heterocycles. The third kappa shape index (κ3) is 4.14. The first-order chi connectivity index (χ1) is 14.3. The molecule has 29 heavy (non-hydrogen) atoms. The number of ether oxygens (including phenoxy) is 1. The van der Waals surface area contributed by atoms with E-state index in [4.69, 9.17) is 9.15 Å². The van der Waals surface area contributed by atoms with Gasteiger partial charge in [-0.25, -0.2) is 0 Å². The average molecular weight is 386 g/mol. The standard InChI is InChI=1S/C24H22N2O3/c1-2-28-22-13-12-18-8-3-4-11-21(18)23(22)24(27)26(17-20-10-7-15-29-20)16-19-9-5-6-14-25-19/h3-15H,2,16-17H2,1H3. The lowest BCUT2D eigenvalue weighted by Crippen LogP contribution is -2.31. The zero-order valence-corrected chi connectivity index (χ0v) is 16.2. The van der Waals surface area contributed by atoms with Gasteiger partial charge < -0.3 is 14.1 Å². The van der Waals surface area contributed by atoms with Crippen LogP contribution in [0.25, 0.3) is 10.8 Å². The highest BCUT2D eigenvalue weighted by Gasteiger charge is 2.24. The highest BCUT2D eigenvalue weighted by Crippen LogP contribution is 2.30. The van der Waals surface area contributed by atoms with E-state index >= 15 is 0 Å². The molecule has 0 atom stereocenters. The van der Waals surface area contributed by atoms with Gasteiger partial charge in [-0.2, -0.15) is 0 Å². The van der Waals surface area contributed by atoms with Crippen LogP contribution in [0.3, 0.4) is 0 Å². The van der Waals surface area contributed by atoms with Crippen LogP contribution in [-0.2, 0) is 13.1 Å². The van der Waals surface area contributed by atoms with E-state index in [1.165, 1.54) is 0 Å². The minimum absolute atomic E-state index is 0.118. The van der Waals surface area contributed by atoms with Gasteiger partial charge in [0.1, 0.15) is 11.5 Å². The summed E-state index contributed by atoms with van der Waals surface area (Å²) in [4.78, 5) is 19.9. The summed E-state index contributed by atoms with van der Waals surface area (Å²) in [5.41, 5.74) is 1.37. The Bertz CT molecular complexity index is 1090. The Labute approximate surface area is 169 Å². The molecule has 0 bridgehead atoms. The van der Waals surface area contributed by atoms with Gasteiger partial charge in [0.2, 0.25) is 0 Å². The molecule has 2 aromatic heterocycles. The highest BCUT2D eigenvalue weighted by atomic mass is 16.5. The van der Waals surface area contributed by atoms with Crippen molar-refractivity contribution in [2.75, 3.05) is 6.61 Å². The lowest BCUT2D eigenvalue weighted by molar-refractivity contribution is 0.0713. The van der Waals surface area contributed by atoms with E-state index < -0.39 is 0 Å². The number of pyridine rings is 1. The van der Waals surface area contributed by atoms with Crippen LogP contribution in [0.4, 0.5) is 0 Å². The fourth-order valence-electron chi connectivity index (χ4n) is 3.38. The summed E-state index contributed by atoms with van der Waals surface area (Å²) in [6.45, 7) is 3.11. The van der Waals surface area contributed by atoms with Crippen LogP contribution in [0.5, 0.6) is 5.75 Å². The summed E-state index contributed by atoms with van der Waals surface area (Å²) in [7, 11) is 0. The molecule has 0 fully saturated rings. The lowest BCUT2D eigenvalue weighted by atomic mass is 10.0. The summed E-state index contributed by atoms with van der Waals surface area (Å²) < 4.78 is 11.3. The molecule has 4 rings (SSSR count). The monoisotopic (exact) mass is 386 g/mol. The maximum atomic E-state index is 13.8. The van der Waals surface area contributed by atoms with Gasteiger partial charge in [-0.05, 0) is 48.0 Å². The number of fused-ring (bicyclic) bond motifs is 1. The average Bonchev–Trinajstić information content (AvgIpc) is 3.27. The van der Waals surface area contributed by atoms with Gasteiger partial charge in [-0.3, -0.25) is 9.78 Å². The Morgan fingerprint density at radius 1 is 1.00 bits per heavy atom. The topological polar surface area (TPSA) is 55.6 Å². The van der Waals surface area contributed by atoms with Gasteiger partial charge >= 0.3 is 0 Å². The van der Waals surface area contributed by atoms with Crippen LogP contribution in [-0.4, -0.2) is 22.4 Å². The Balaban J connectivity index is 1.78. The normalized spacial score (nSPS) is 10.8. The number of hydrogen-bond acceptors (Lipinski definition) is 4. The minimum atomic E-state index is -0.118. The number of furan rings is 1. The molecule has 5 heteroatoms. The van der Waals surface area contributed by atoms with Crippen LogP contribution in [0.1, 0.15) is 28.7 Å². The minimum Gasteiger partial charge on any atom is -0.493 e. The maximum absolute atomic E-state index is 13.8. The molecule has 0 aliphatic heterocycles. The van der Waals surface area contributed by atoms with Crippen molar-refractivity contribution in [1.82, 2.24) is 9.88 Å². The summed E-state index contributed by atoms with van der Waals surface area (Å²) >= 11 is 0. The summed E-state index contributed by atoms with van der Waals surface area (Å²) in [5, 5.41) is 1.86. The maximum Gasteiger partial charge on any atom is 0.259 e. The second kappa shape index (κ2) is 8.61. The van der Waals surface area contributed by atoms with Gasteiger partial charge in [-0.1, -0.05) is 36.4 Å². The van der Waals surface area contributed by atoms with Crippen LogP contribution in [0.2, 0.25) is 0 Å². The molecule has 146 valence electrons. The Morgan fingerprint density at radius 2 is 1.86 bits per heavy atom. The second-order valence-corrected chi connectivity index (χ2v) is 6.65. The van der Waals surface area contributed by atoms with Gasteiger partial charge in [0.15, 0.2) is 0 Å². The SMILES string of the molecule is CCOc1ccc2ccccc2c1C(=O)N(Cc1ccccn1)Cc1ccco1. The number of hydrogen-bond donors (Lipinski definition) is 0. The van der Waals surface area contributed by atoms with Crippen molar-refractivity contribution in [1.29, 1.82) is 0 Å². The molecule has 0 unspecified atom stereocenters. The fourth-order valence-corrected chi connectivity index (χ4v) is 3.38. The van der Waals surface area contributed by atoms with Gasteiger partial charge in [-0.15, -0.1) is 0 Å². The molecule has 4 aromatic rings. The molecule has 0 saturated carbocycles. The first kappa shape index (κ1) is 18.7. The van der Waals surface area contributed by atoms with Crippen molar-refractivity contribution in [2.45, 2.75) is 20.0 Å². The number of nitrogens with zero attached hydrogens (tertiary/aromatic N) is 2. The highest BCUT2D eigenvalue weighted by molar-refractivity contribution is 6.09. The first-order valence-electron chi connectivity index (χ1n) is 9.62. The number of rotatable bonds is 7. The van der Waals surface area contributed by atoms with Crippen molar-refractivity contribution in [3.63, 3.8) is 0 Å². The molecular formula is C24H22N2O3. The summed E-state index contributed by atoms with van der Waals surface area (Å²) in [5.74, 6) is 1.18. The molecule has 5 nitrogen and oxygen atoms in total. The molecule has 0 aliphatic carbocycles. The smallest absolute Gasteiger partial charge is 0.259 e. The summed E-state index contributed by atoms with van der Waals surface area (Å²) in [6, 6.07) is 21.1. The van der Waals surface area contributed by atoms with E-state index in [1.54, 1.807) is 17.4 Å². The van der Waals surface area contributed by atoms with Crippen LogP contribution in [0, 0.1) is 0 Å². The Kier molecular flexibility index (Phi) is 5.56. The Morgan fingerprint density at radius 3 is 2.62 bits per heavy atom. The number of benzene rings is 2. The zero-order valence-electron chi connectivity index (χ0n) is 16.2. The molecule has 2 aromatic carbocycles. The Hall–Kier alpha value is -3.60. The molecule has 0 aliphatic rings. The van der Waals surface area contributed by atoms with E-state index in [1.807, 2.05) is 73.7 Å². The molecule has 0 spiro atoms. The number of carbonyl (C=O) groups is 1. The first-order valence-corrected chi connectivity index (χ1v) is 9.62. The molecule has 0 N–H and O–H groups in total. The van der Waals surface area contributed by atoms with E-state index in [-0.39, 0.29) is 5.91 Å². The van der Waals surface area contributed by atoms with Gasteiger partial charge in [0, 0.05) is 6.20 Å². The fraction of sp³-hybridized carbons (Fsp3) is 0.167. The number of amides is 1. The zero-order chi connectivity index (χ0) is 20.1. The third-order valence-electron chi connectivity index (χ3n) is 4.70.